The fourth-order valence-electron chi connectivity index (χ4n) is 1.55. The summed E-state index contributed by atoms with van der Waals surface area (Å²) in [5.74, 6) is -1.33. The fraction of sp³-hybridized carbons (Fsp3) is 0.0769. The molecule has 2 rings (SSSR count). The van der Waals surface area contributed by atoms with Crippen molar-refractivity contribution in [2.75, 3.05) is 7.11 Å². The summed E-state index contributed by atoms with van der Waals surface area (Å²) in [5, 5.41) is 0.513. The summed E-state index contributed by atoms with van der Waals surface area (Å²) in [6, 6.07) is 5.87. The zero-order chi connectivity index (χ0) is 14.0. The average molecular weight is 300 g/mol. The van der Waals surface area contributed by atoms with Gasteiger partial charge in [-0.05, 0) is 12.1 Å². The molecule has 1 aromatic heterocycles. The van der Waals surface area contributed by atoms with Crippen LogP contribution in [0.5, 0.6) is 0 Å². The summed E-state index contributed by atoms with van der Waals surface area (Å²) >= 11 is 11.9. The highest BCUT2D eigenvalue weighted by molar-refractivity contribution is 6.43. The molecule has 0 amide bonds. The number of nitrogens with zero attached hydrogens (tertiary/aromatic N) is 1. The van der Waals surface area contributed by atoms with Gasteiger partial charge in [0.15, 0.2) is 0 Å². The number of halogens is 3. The summed E-state index contributed by atoms with van der Waals surface area (Å²) in [4.78, 5) is 15.2. The molecule has 0 unspecified atom stereocenters. The number of carbonyl (C=O) groups excluding carboxylic acids is 1. The summed E-state index contributed by atoms with van der Waals surface area (Å²) in [6.45, 7) is 0. The van der Waals surface area contributed by atoms with Crippen molar-refractivity contribution in [3.63, 3.8) is 0 Å². The molecule has 1 heterocycles. The van der Waals surface area contributed by atoms with Gasteiger partial charge in [-0.1, -0.05) is 35.3 Å². The predicted molar refractivity (Wildman–Crippen MR) is 71.0 cm³/mol. The van der Waals surface area contributed by atoms with Gasteiger partial charge in [0.05, 0.1) is 22.7 Å². The average Bonchev–Trinajstić information content (AvgIpc) is 2.41. The Labute approximate surface area is 118 Å². The zero-order valence-electron chi connectivity index (χ0n) is 9.78. The van der Waals surface area contributed by atoms with Crippen molar-refractivity contribution in [3.8, 4) is 11.3 Å². The van der Waals surface area contributed by atoms with Gasteiger partial charge < -0.3 is 4.74 Å². The van der Waals surface area contributed by atoms with Crippen LogP contribution in [0.2, 0.25) is 10.0 Å². The minimum absolute atomic E-state index is 0.0279. The maximum atomic E-state index is 14.0. The Hall–Kier alpha value is -1.65. The quantitative estimate of drug-likeness (QED) is 0.787. The van der Waals surface area contributed by atoms with Crippen molar-refractivity contribution < 1.29 is 13.9 Å². The van der Waals surface area contributed by atoms with E-state index in [0.29, 0.717) is 10.6 Å². The van der Waals surface area contributed by atoms with Crippen LogP contribution in [-0.4, -0.2) is 18.1 Å². The second kappa shape index (κ2) is 5.55. The molecule has 0 N–H and O–H groups in total. The number of benzene rings is 1. The Balaban J connectivity index is 2.52. The third-order valence-corrected chi connectivity index (χ3v) is 3.29. The van der Waals surface area contributed by atoms with Gasteiger partial charge in [0, 0.05) is 11.8 Å². The number of esters is 1. The van der Waals surface area contributed by atoms with Crippen molar-refractivity contribution in [1.29, 1.82) is 0 Å². The molecule has 0 radical (unpaired) electrons. The van der Waals surface area contributed by atoms with E-state index in [0.717, 1.165) is 6.07 Å². The largest absolute Gasteiger partial charge is 0.465 e. The van der Waals surface area contributed by atoms with E-state index >= 15 is 0 Å². The van der Waals surface area contributed by atoms with Crippen LogP contribution in [0, 0.1) is 5.82 Å². The molecule has 19 heavy (non-hydrogen) atoms. The highest BCUT2D eigenvalue weighted by Crippen LogP contribution is 2.33. The molecule has 98 valence electrons. The first-order valence-electron chi connectivity index (χ1n) is 5.23. The molecule has 0 aliphatic rings. The van der Waals surface area contributed by atoms with Gasteiger partial charge in [0.1, 0.15) is 11.5 Å². The molecule has 0 saturated heterocycles. The fourth-order valence-corrected chi connectivity index (χ4v) is 1.94. The summed E-state index contributed by atoms with van der Waals surface area (Å²) in [5.41, 5.74) is 0.421. The molecule has 0 aliphatic heterocycles. The Morgan fingerprint density at radius 1 is 1.37 bits per heavy atom. The second-order valence-electron chi connectivity index (χ2n) is 3.65. The van der Waals surface area contributed by atoms with E-state index in [1.165, 1.54) is 13.3 Å². The molecular weight excluding hydrogens is 292 g/mol. The normalized spacial score (nSPS) is 10.3. The van der Waals surface area contributed by atoms with Gasteiger partial charge in [0.25, 0.3) is 0 Å². The minimum Gasteiger partial charge on any atom is -0.465 e. The smallest absolute Gasteiger partial charge is 0.339 e. The van der Waals surface area contributed by atoms with E-state index in [2.05, 4.69) is 9.72 Å². The Kier molecular flexibility index (Phi) is 4.02. The topological polar surface area (TPSA) is 39.2 Å². The third-order valence-electron chi connectivity index (χ3n) is 2.47. The van der Waals surface area contributed by atoms with E-state index in [9.17, 15) is 9.18 Å². The van der Waals surface area contributed by atoms with Gasteiger partial charge in [-0.15, -0.1) is 0 Å². The van der Waals surface area contributed by atoms with Crippen LogP contribution in [0.4, 0.5) is 4.39 Å². The van der Waals surface area contributed by atoms with E-state index in [-0.39, 0.29) is 16.3 Å². The molecule has 0 bridgehead atoms. The Bertz CT molecular complexity index is 647. The lowest BCUT2D eigenvalue weighted by atomic mass is 10.1. The van der Waals surface area contributed by atoms with E-state index < -0.39 is 11.8 Å². The molecule has 2 aromatic rings. The summed E-state index contributed by atoms with van der Waals surface area (Å²) in [6.07, 6.45) is 1.22. The van der Waals surface area contributed by atoms with Crippen molar-refractivity contribution in [2.24, 2.45) is 0 Å². The van der Waals surface area contributed by atoms with Gasteiger partial charge >= 0.3 is 5.97 Å². The highest BCUT2D eigenvalue weighted by atomic mass is 35.5. The Morgan fingerprint density at radius 3 is 2.74 bits per heavy atom. The zero-order valence-corrected chi connectivity index (χ0v) is 11.3. The van der Waals surface area contributed by atoms with Crippen LogP contribution in [0.1, 0.15) is 10.4 Å². The molecule has 1 aromatic carbocycles. The number of carbonyl (C=O) groups is 1. The Morgan fingerprint density at radius 2 is 2.11 bits per heavy atom. The van der Waals surface area contributed by atoms with Crippen LogP contribution in [0.25, 0.3) is 11.3 Å². The van der Waals surface area contributed by atoms with Crippen molar-refractivity contribution >= 4 is 29.2 Å². The second-order valence-corrected chi connectivity index (χ2v) is 4.43. The first-order chi connectivity index (χ1) is 9.04. The number of rotatable bonds is 2. The number of pyridine rings is 1. The number of ether oxygens (including phenoxy) is 1. The molecule has 0 atom stereocenters. The SMILES string of the molecule is COC(=O)c1cnc(-c2cccc(Cl)c2Cl)c(F)c1. The lowest BCUT2D eigenvalue weighted by Crippen LogP contribution is -2.03. The van der Waals surface area contributed by atoms with Crippen LogP contribution >= 0.6 is 23.2 Å². The summed E-state index contributed by atoms with van der Waals surface area (Å²) in [7, 11) is 1.21. The lowest BCUT2D eigenvalue weighted by Gasteiger charge is -2.07. The first kappa shape index (κ1) is 13.8. The van der Waals surface area contributed by atoms with Gasteiger partial charge in [0.2, 0.25) is 0 Å². The first-order valence-corrected chi connectivity index (χ1v) is 5.98. The standard InChI is InChI=1S/C13H8Cl2FNO2/c1-19-13(18)7-5-10(16)12(17-6-7)8-3-2-4-9(14)11(8)15/h2-6H,1H3. The summed E-state index contributed by atoms with van der Waals surface area (Å²) < 4.78 is 18.5. The molecule has 3 nitrogen and oxygen atoms in total. The number of hydrogen-bond donors (Lipinski definition) is 0. The van der Waals surface area contributed by atoms with Gasteiger partial charge in [-0.3, -0.25) is 4.98 Å². The van der Waals surface area contributed by atoms with Crippen molar-refractivity contribution in [3.05, 3.63) is 51.9 Å². The third kappa shape index (κ3) is 2.69. The van der Waals surface area contributed by atoms with Crippen molar-refractivity contribution in [1.82, 2.24) is 4.98 Å². The number of aromatic nitrogens is 1. The lowest BCUT2D eigenvalue weighted by molar-refractivity contribution is 0.0599. The molecule has 0 aliphatic carbocycles. The van der Waals surface area contributed by atoms with E-state index in [1.54, 1.807) is 18.2 Å². The van der Waals surface area contributed by atoms with Crippen LogP contribution in [0.3, 0.4) is 0 Å². The van der Waals surface area contributed by atoms with Gasteiger partial charge in [-0.25, -0.2) is 9.18 Å². The number of methoxy groups -OCH3 is 1. The van der Waals surface area contributed by atoms with Crippen molar-refractivity contribution in [2.45, 2.75) is 0 Å². The maximum Gasteiger partial charge on any atom is 0.339 e. The monoisotopic (exact) mass is 299 g/mol. The highest BCUT2D eigenvalue weighted by Gasteiger charge is 2.15. The molecular formula is C13H8Cl2FNO2. The maximum absolute atomic E-state index is 14.0. The molecule has 0 fully saturated rings. The van der Waals surface area contributed by atoms with Crippen LogP contribution in [0.15, 0.2) is 30.5 Å². The molecule has 0 saturated carbocycles. The number of hydrogen-bond acceptors (Lipinski definition) is 3. The van der Waals surface area contributed by atoms with E-state index in [4.69, 9.17) is 23.2 Å². The van der Waals surface area contributed by atoms with Gasteiger partial charge in [-0.2, -0.15) is 0 Å². The molecule has 0 spiro atoms. The minimum atomic E-state index is -0.674. The molecule has 6 heteroatoms. The van der Waals surface area contributed by atoms with E-state index in [1.807, 2.05) is 0 Å². The van der Waals surface area contributed by atoms with Crippen LogP contribution in [-0.2, 0) is 4.74 Å². The predicted octanol–water partition coefficient (Wildman–Crippen LogP) is 3.98. The van der Waals surface area contributed by atoms with Crippen LogP contribution < -0.4 is 0 Å².